The van der Waals surface area contributed by atoms with Crippen LogP contribution in [0.4, 0.5) is 10.5 Å². The van der Waals surface area contributed by atoms with Gasteiger partial charge < -0.3 is 10.5 Å². The number of imidazole rings is 1. The maximum Gasteiger partial charge on any atom is 0.419 e. The summed E-state index contributed by atoms with van der Waals surface area (Å²) >= 11 is 6.03. The van der Waals surface area contributed by atoms with E-state index in [1.165, 1.54) is 4.57 Å². The SMILES string of the molecule is CCOC(=O)n1c(Cc2cccc(Cl)c2)nc2c(N)cccc21. The molecule has 0 fully saturated rings. The van der Waals surface area contributed by atoms with Crippen LogP contribution in [0.25, 0.3) is 11.0 Å². The van der Waals surface area contributed by atoms with Crippen molar-refractivity contribution in [2.24, 2.45) is 0 Å². The summed E-state index contributed by atoms with van der Waals surface area (Å²) in [5, 5.41) is 0.640. The van der Waals surface area contributed by atoms with Crippen LogP contribution >= 0.6 is 11.6 Å². The van der Waals surface area contributed by atoms with Gasteiger partial charge in [0, 0.05) is 11.4 Å². The molecule has 0 aliphatic heterocycles. The second-order valence-corrected chi connectivity index (χ2v) is 5.52. The number of nitrogen functional groups attached to an aromatic ring is 1. The van der Waals surface area contributed by atoms with Gasteiger partial charge >= 0.3 is 6.09 Å². The number of benzene rings is 2. The summed E-state index contributed by atoms with van der Waals surface area (Å²) in [5.74, 6) is 0.568. The van der Waals surface area contributed by atoms with E-state index in [9.17, 15) is 4.79 Å². The van der Waals surface area contributed by atoms with E-state index in [-0.39, 0.29) is 6.61 Å². The summed E-state index contributed by atoms with van der Waals surface area (Å²) in [5.41, 5.74) is 8.70. The molecule has 0 aliphatic rings. The Kier molecular flexibility index (Phi) is 4.21. The van der Waals surface area contributed by atoms with Gasteiger partial charge in [-0.3, -0.25) is 0 Å². The van der Waals surface area contributed by atoms with Crippen LogP contribution in [0.5, 0.6) is 0 Å². The molecule has 23 heavy (non-hydrogen) atoms. The second-order valence-electron chi connectivity index (χ2n) is 5.08. The molecule has 0 saturated heterocycles. The van der Waals surface area contributed by atoms with E-state index >= 15 is 0 Å². The van der Waals surface area contributed by atoms with E-state index in [0.717, 1.165) is 5.56 Å². The lowest BCUT2D eigenvalue weighted by Gasteiger charge is -2.08. The number of anilines is 1. The second kappa shape index (κ2) is 6.30. The van der Waals surface area contributed by atoms with Gasteiger partial charge in [-0.1, -0.05) is 29.8 Å². The molecule has 3 rings (SSSR count). The minimum atomic E-state index is -0.461. The predicted octanol–water partition coefficient (Wildman–Crippen LogP) is 3.87. The van der Waals surface area contributed by atoms with Crippen molar-refractivity contribution in [2.45, 2.75) is 13.3 Å². The Balaban J connectivity index is 2.13. The molecule has 0 unspecified atom stereocenters. The summed E-state index contributed by atoms with van der Waals surface area (Å²) in [6, 6.07) is 12.8. The van der Waals surface area contributed by atoms with Crippen molar-refractivity contribution < 1.29 is 9.53 Å². The predicted molar refractivity (Wildman–Crippen MR) is 90.8 cm³/mol. The summed E-state index contributed by atoms with van der Waals surface area (Å²) in [4.78, 5) is 16.9. The van der Waals surface area contributed by atoms with Crippen LogP contribution in [0.3, 0.4) is 0 Å². The van der Waals surface area contributed by atoms with E-state index in [2.05, 4.69) is 4.98 Å². The highest BCUT2D eigenvalue weighted by Crippen LogP contribution is 2.24. The molecule has 0 spiro atoms. The van der Waals surface area contributed by atoms with E-state index < -0.39 is 6.09 Å². The third kappa shape index (κ3) is 3.00. The van der Waals surface area contributed by atoms with Gasteiger partial charge in [0.1, 0.15) is 11.3 Å². The number of halogens is 1. The van der Waals surface area contributed by atoms with Gasteiger partial charge in [0.15, 0.2) is 0 Å². The van der Waals surface area contributed by atoms with E-state index in [0.29, 0.717) is 34.0 Å². The van der Waals surface area contributed by atoms with Crippen LogP contribution in [-0.2, 0) is 11.2 Å². The molecule has 2 aromatic carbocycles. The number of carbonyl (C=O) groups excluding carboxylic acids is 1. The molecular formula is C17H16ClN3O2. The summed E-state index contributed by atoms with van der Waals surface area (Å²) in [6.45, 7) is 2.06. The Morgan fingerprint density at radius 3 is 2.83 bits per heavy atom. The number of hydrogen-bond acceptors (Lipinski definition) is 4. The first-order chi connectivity index (χ1) is 11.1. The largest absolute Gasteiger partial charge is 0.449 e. The number of nitrogens with two attached hydrogens (primary N) is 1. The summed E-state index contributed by atoms with van der Waals surface area (Å²) < 4.78 is 6.62. The molecule has 1 heterocycles. The van der Waals surface area contributed by atoms with Crippen LogP contribution in [-0.4, -0.2) is 22.3 Å². The number of para-hydroxylation sites is 1. The van der Waals surface area contributed by atoms with Crippen LogP contribution in [0.15, 0.2) is 42.5 Å². The lowest BCUT2D eigenvalue weighted by molar-refractivity contribution is 0.154. The topological polar surface area (TPSA) is 70.1 Å². The Hall–Kier alpha value is -2.53. The molecule has 0 bridgehead atoms. The van der Waals surface area contributed by atoms with Crippen molar-refractivity contribution in [1.29, 1.82) is 0 Å². The van der Waals surface area contributed by atoms with Crippen molar-refractivity contribution in [3.63, 3.8) is 0 Å². The Labute approximate surface area is 138 Å². The van der Waals surface area contributed by atoms with Gasteiger partial charge in [-0.15, -0.1) is 0 Å². The zero-order chi connectivity index (χ0) is 16.4. The van der Waals surface area contributed by atoms with Crippen molar-refractivity contribution in [3.8, 4) is 0 Å². The average Bonchev–Trinajstić information content (AvgIpc) is 2.87. The lowest BCUT2D eigenvalue weighted by atomic mass is 10.1. The van der Waals surface area contributed by atoms with Gasteiger partial charge in [-0.25, -0.2) is 14.3 Å². The van der Waals surface area contributed by atoms with Crippen LogP contribution in [0.2, 0.25) is 5.02 Å². The maximum absolute atomic E-state index is 12.3. The number of ether oxygens (including phenoxy) is 1. The molecule has 1 aromatic heterocycles. The number of hydrogen-bond donors (Lipinski definition) is 1. The molecular weight excluding hydrogens is 314 g/mol. The first-order valence-corrected chi connectivity index (χ1v) is 7.65. The highest BCUT2D eigenvalue weighted by atomic mass is 35.5. The fourth-order valence-corrected chi connectivity index (χ4v) is 2.72. The molecule has 3 aromatic rings. The zero-order valence-corrected chi connectivity index (χ0v) is 13.4. The molecule has 0 aliphatic carbocycles. The van der Waals surface area contributed by atoms with Crippen molar-refractivity contribution >= 4 is 34.4 Å². The molecule has 0 atom stereocenters. The number of fused-ring (bicyclic) bond motifs is 1. The molecule has 0 radical (unpaired) electrons. The van der Waals surface area contributed by atoms with Gasteiger partial charge in [0.05, 0.1) is 17.8 Å². The van der Waals surface area contributed by atoms with E-state index in [4.69, 9.17) is 22.1 Å². The van der Waals surface area contributed by atoms with Crippen molar-refractivity contribution in [3.05, 3.63) is 58.9 Å². The third-order valence-corrected chi connectivity index (χ3v) is 3.72. The lowest BCUT2D eigenvalue weighted by Crippen LogP contribution is -2.16. The van der Waals surface area contributed by atoms with E-state index in [1.54, 1.807) is 31.2 Å². The fraction of sp³-hybridized carbons (Fsp3) is 0.176. The Bertz CT molecular complexity index is 873. The van der Waals surface area contributed by atoms with Crippen molar-refractivity contribution in [1.82, 2.24) is 9.55 Å². The summed E-state index contributed by atoms with van der Waals surface area (Å²) in [6.07, 6.45) is -0.00865. The quantitative estimate of drug-likeness (QED) is 0.740. The highest BCUT2D eigenvalue weighted by Gasteiger charge is 2.19. The highest BCUT2D eigenvalue weighted by molar-refractivity contribution is 6.30. The minimum absolute atomic E-state index is 0.289. The first kappa shape index (κ1) is 15.4. The monoisotopic (exact) mass is 329 g/mol. The van der Waals surface area contributed by atoms with Crippen molar-refractivity contribution in [2.75, 3.05) is 12.3 Å². The van der Waals surface area contributed by atoms with Crippen LogP contribution < -0.4 is 5.73 Å². The smallest absolute Gasteiger partial charge is 0.419 e. The van der Waals surface area contributed by atoms with E-state index in [1.807, 2.05) is 18.2 Å². The van der Waals surface area contributed by atoms with Crippen LogP contribution in [0.1, 0.15) is 18.3 Å². The molecule has 118 valence electrons. The molecule has 2 N–H and O–H groups in total. The Morgan fingerprint density at radius 1 is 1.30 bits per heavy atom. The standard InChI is InChI=1S/C17H16ClN3O2/c1-2-23-17(22)21-14-8-4-7-13(19)16(14)20-15(21)10-11-5-3-6-12(18)9-11/h3-9H,2,10,19H2,1H3. The normalized spacial score (nSPS) is 10.9. The van der Waals surface area contributed by atoms with Gasteiger partial charge in [0.2, 0.25) is 0 Å². The first-order valence-electron chi connectivity index (χ1n) is 7.27. The molecule has 0 amide bonds. The number of carbonyl (C=O) groups is 1. The zero-order valence-electron chi connectivity index (χ0n) is 12.6. The molecule has 5 nitrogen and oxygen atoms in total. The number of rotatable bonds is 3. The minimum Gasteiger partial charge on any atom is -0.449 e. The van der Waals surface area contributed by atoms with Crippen LogP contribution in [0, 0.1) is 0 Å². The Morgan fingerprint density at radius 2 is 2.09 bits per heavy atom. The molecule has 6 heteroatoms. The average molecular weight is 330 g/mol. The number of aromatic nitrogens is 2. The number of nitrogens with zero attached hydrogens (tertiary/aromatic N) is 2. The van der Waals surface area contributed by atoms with Gasteiger partial charge in [0.25, 0.3) is 0 Å². The molecule has 0 saturated carbocycles. The maximum atomic E-state index is 12.3. The fourth-order valence-electron chi connectivity index (χ4n) is 2.51. The summed E-state index contributed by atoms with van der Waals surface area (Å²) in [7, 11) is 0. The van der Waals surface area contributed by atoms with Gasteiger partial charge in [-0.2, -0.15) is 0 Å². The third-order valence-electron chi connectivity index (χ3n) is 3.49. The van der Waals surface area contributed by atoms with Gasteiger partial charge in [-0.05, 0) is 36.8 Å².